The van der Waals surface area contributed by atoms with Gasteiger partial charge in [-0.3, -0.25) is 0 Å². The molecule has 0 aliphatic carbocycles. The van der Waals surface area contributed by atoms with E-state index in [9.17, 15) is 20.4 Å². The molecule has 0 aliphatic heterocycles. The van der Waals surface area contributed by atoms with E-state index in [4.69, 9.17) is 0 Å². The van der Waals surface area contributed by atoms with Gasteiger partial charge in [-0.15, -0.1) is 10.2 Å². The zero-order chi connectivity index (χ0) is 13.1. The minimum atomic E-state index is -0.256. The number of azo groups is 1. The second-order valence-corrected chi connectivity index (χ2v) is 3.49. The molecule has 0 amide bonds. The van der Waals surface area contributed by atoms with E-state index in [1.165, 1.54) is 36.4 Å². The van der Waals surface area contributed by atoms with Crippen molar-refractivity contribution in [2.45, 2.75) is 0 Å². The first kappa shape index (κ1) is 11.7. The zero-order valence-electron chi connectivity index (χ0n) is 9.15. The van der Waals surface area contributed by atoms with E-state index in [0.717, 1.165) is 0 Å². The fourth-order valence-electron chi connectivity index (χ4n) is 1.34. The van der Waals surface area contributed by atoms with Gasteiger partial charge in [-0.1, -0.05) is 12.1 Å². The second kappa shape index (κ2) is 4.62. The average molecular weight is 246 g/mol. The Bertz CT molecular complexity index is 517. The lowest BCUT2D eigenvalue weighted by atomic mass is 10.2. The Kier molecular flexibility index (Phi) is 3.01. The third-order valence-corrected chi connectivity index (χ3v) is 2.24. The Morgan fingerprint density at radius 2 is 0.833 bits per heavy atom. The van der Waals surface area contributed by atoms with Crippen molar-refractivity contribution in [3.05, 3.63) is 36.4 Å². The van der Waals surface area contributed by atoms with E-state index >= 15 is 0 Å². The highest BCUT2D eigenvalue weighted by atomic mass is 16.3. The Morgan fingerprint density at radius 1 is 0.556 bits per heavy atom. The van der Waals surface area contributed by atoms with Crippen LogP contribution < -0.4 is 0 Å². The Balaban J connectivity index is 2.43. The Morgan fingerprint density at radius 3 is 1.11 bits per heavy atom. The van der Waals surface area contributed by atoms with Crippen molar-refractivity contribution in [1.29, 1.82) is 0 Å². The number of benzene rings is 2. The van der Waals surface area contributed by atoms with Gasteiger partial charge in [0.25, 0.3) is 0 Å². The summed E-state index contributed by atoms with van der Waals surface area (Å²) < 4.78 is 0. The first-order valence-electron chi connectivity index (χ1n) is 5.03. The molecule has 4 N–H and O–H groups in total. The maximum atomic E-state index is 9.47. The van der Waals surface area contributed by atoms with Crippen LogP contribution in [0.2, 0.25) is 0 Å². The van der Waals surface area contributed by atoms with E-state index in [1.54, 1.807) is 0 Å². The lowest BCUT2D eigenvalue weighted by molar-refractivity contribution is 0.448. The molecule has 0 atom stereocenters. The molecule has 0 saturated heterocycles. The lowest BCUT2D eigenvalue weighted by Crippen LogP contribution is -1.72. The van der Waals surface area contributed by atoms with Crippen molar-refractivity contribution in [3.63, 3.8) is 0 Å². The van der Waals surface area contributed by atoms with Crippen molar-refractivity contribution in [2.24, 2.45) is 10.2 Å². The molecule has 2 aromatic carbocycles. The summed E-state index contributed by atoms with van der Waals surface area (Å²) in [5.41, 5.74) is -0.277. The van der Waals surface area contributed by atoms with Crippen LogP contribution in [-0.4, -0.2) is 20.4 Å². The number of nitrogens with zero attached hydrogens (tertiary/aromatic N) is 2. The van der Waals surface area contributed by atoms with Crippen LogP contribution in [0.25, 0.3) is 0 Å². The molecule has 0 unspecified atom stereocenters. The summed E-state index contributed by atoms with van der Waals surface area (Å²) in [7, 11) is 0. The fourth-order valence-corrected chi connectivity index (χ4v) is 1.34. The standard InChI is InChI=1S/C12H10N2O4/c15-7-3-1-4-8(16)11(7)13-14-12-9(17)5-2-6-10(12)18/h1-6,15-18H. The number of phenolic OH excluding ortho intramolecular Hbond substituents is 4. The van der Waals surface area contributed by atoms with E-state index in [1.807, 2.05) is 0 Å². The normalized spacial score (nSPS) is 10.9. The van der Waals surface area contributed by atoms with E-state index in [2.05, 4.69) is 10.2 Å². The predicted molar refractivity (Wildman–Crippen MR) is 63.7 cm³/mol. The predicted octanol–water partition coefficient (Wildman–Crippen LogP) is 2.92. The van der Waals surface area contributed by atoms with E-state index in [-0.39, 0.29) is 34.4 Å². The highest BCUT2D eigenvalue weighted by Crippen LogP contribution is 2.40. The number of rotatable bonds is 2. The molecule has 0 spiro atoms. The van der Waals surface area contributed by atoms with Gasteiger partial charge in [-0.2, -0.15) is 0 Å². The monoisotopic (exact) mass is 246 g/mol. The lowest BCUT2D eigenvalue weighted by Gasteiger charge is -2.02. The summed E-state index contributed by atoms with van der Waals surface area (Å²) in [6.45, 7) is 0. The van der Waals surface area contributed by atoms with Crippen LogP contribution in [0.15, 0.2) is 46.6 Å². The van der Waals surface area contributed by atoms with Gasteiger partial charge in [-0.25, -0.2) is 0 Å². The molecule has 0 fully saturated rings. The first-order valence-corrected chi connectivity index (χ1v) is 5.03. The summed E-state index contributed by atoms with van der Waals surface area (Å²) in [5.74, 6) is -1.02. The van der Waals surface area contributed by atoms with Gasteiger partial charge >= 0.3 is 0 Å². The molecular weight excluding hydrogens is 236 g/mol. The molecule has 2 aromatic rings. The second-order valence-electron chi connectivity index (χ2n) is 3.49. The fraction of sp³-hybridized carbons (Fsp3) is 0. The highest BCUT2D eigenvalue weighted by Gasteiger charge is 2.08. The van der Waals surface area contributed by atoms with E-state index in [0.29, 0.717) is 0 Å². The van der Waals surface area contributed by atoms with Crippen molar-refractivity contribution < 1.29 is 20.4 Å². The summed E-state index contributed by atoms with van der Waals surface area (Å²) in [5, 5.41) is 45.1. The topological polar surface area (TPSA) is 106 Å². The largest absolute Gasteiger partial charge is 0.505 e. The minimum absolute atomic E-state index is 0.139. The number of hydrogen-bond donors (Lipinski definition) is 4. The summed E-state index contributed by atoms with van der Waals surface area (Å²) in [6, 6.07) is 8.22. The van der Waals surface area contributed by atoms with Gasteiger partial charge in [-0.05, 0) is 24.3 Å². The molecular formula is C12H10N2O4. The summed E-state index contributed by atoms with van der Waals surface area (Å²) >= 11 is 0. The van der Waals surface area contributed by atoms with Crippen LogP contribution >= 0.6 is 0 Å². The smallest absolute Gasteiger partial charge is 0.169 e. The first-order chi connectivity index (χ1) is 8.59. The van der Waals surface area contributed by atoms with Crippen molar-refractivity contribution in [2.75, 3.05) is 0 Å². The average Bonchev–Trinajstić information content (AvgIpc) is 2.31. The quantitative estimate of drug-likeness (QED) is 0.611. The number of phenols is 4. The SMILES string of the molecule is Oc1cccc(O)c1N=Nc1c(O)cccc1O. The van der Waals surface area contributed by atoms with Crippen LogP contribution in [-0.2, 0) is 0 Å². The van der Waals surface area contributed by atoms with E-state index < -0.39 is 0 Å². The summed E-state index contributed by atoms with van der Waals surface area (Å²) in [6.07, 6.45) is 0. The minimum Gasteiger partial charge on any atom is -0.505 e. The Hall–Kier alpha value is -2.76. The Labute approximate surface area is 102 Å². The molecule has 0 heterocycles. The van der Waals surface area contributed by atoms with Crippen LogP contribution in [0.4, 0.5) is 11.4 Å². The molecule has 2 rings (SSSR count). The van der Waals surface area contributed by atoms with Crippen molar-refractivity contribution >= 4 is 11.4 Å². The zero-order valence-corrected chi connectivity index (χ0v) is 9.15. The van der Waals surface area contributed by atoms with Gasteiger partial charge < -0.3 is 20.4 Å². The molecule has 0 saturated carbocycles. The van der Waals surface area contributed by atoms with Crippen LogP contribution in [0.3, 0.4) is 0 Å². The van der Waals surface area contributed by atoms with Crippen molar-refractivity contribution in [3.8, 4) is 23.0 Å². The van der Waals surface area contributed by atoms with Crippen LogP contribution in [0.1, 0.15) is 0 Å². The van der Waals surface area contributed by atoms with Gasteiger partial charge in [0, 0.05) is 0 Å². The molecule has 0 bridgehead atoms. The molecule has 0 aromatic heterocycles. The molecule has 18 heavy (non-hydrogen) atoms. The van der Waals surface area contributed by atoms with Gasteiger partial charge in [0.1, 0.15) is 23.0 Å². The maximum Gasteiger partial charge on any atom is 0.169 e. The van der Waals surface area contributed by atoms with Gasteiger partial charge in [0.2, 0.25) is 0 Å². The van der Waals surface area contributed by atoms with Gasteiger partial charge in [0.05, 0.1) is 0 Å². The maximum absolute atomic E-state index is 9.47. The summed E-state index contributed by atoms with van der Waals surface area (Å²) in [4.78, 5) is 0. The third-order valence-electron chi connectivity index (χ3n) is 2.24. The van der Waals surface area contributed by atoms with Crippen LogP contribution in [0, 0.1) is 0 Å². The van der Waals surface area contributed by atoms with Crippen LogP contribution in [0.5, 0.6) is 23.0 Å². The molecule has 92 valence electrons. The number of aromatic hydroxyl groups is 4. The third kappa shape index (κ3) is 2.17. The molecule has 0 aliphatic rings. The molecule has 0 radical (unpaired) electrons. The highest BCUT2D eigenvalue weighted by molar-refractivity contribution is 5.63. The van der Waals surface area contributed by atoms with Gasteiger partial charge in [0.15, 0.2) is 11.4 Å². The molecule has 6 nitrogen and oxygen atoms in total. The number of hydrogen-bond acceptors (Lipinski definition) is 6. The molecule has 6 heteroatoms. The van der Waals surface area contributed by atoms with Crippen molar-refractivity contribution in [1.82, 2.24) is 0 Å².